The summed E-state index contributed by atoms with van der Waals surface area (Å²) in [5.41, 5.74) is 0.789. The van der Waals surface area contributed by atoms with E-state index in [1.165, 1.54) is 12.0 Å². The summed E-state index contributed by atoms with van der Waals surface area (Å²) in [5.74, 6) is -0.760. The second-order valence-electron chi connectivity index (χ2n) is 7.72. The van der Waals surface area contributed by atoms with Crippen LogP contribution in [0.5, 0.6) is 11.5 Å². The second-order valence-corrected chi connectivity index (χ2v) is 7.72. The van der Waals surface area contributed by atoms with Crippen molar-refractivity contribution in [3.05, 3.63) is 47.2 Å². The van der Waals surface area contributed by atoms with E-state index in [0.29, 0.717) is 11.6 Å². The van der Waals surface area contributed by atoms with Crippen LogP contribution in [0, 0.1) is 11.6 Å². The first-order valence-corrected chi connectivity index (χ1v) is 10.1. The molecule has 0 aliphatic carbocycles. The zero-order chi connectivity index (χ0) is 21.3. The first-order valence-electron chi connectivity index (χ1n) is 10.1. The summed E-state index contributed by atoms with van der Waals surface area (Å²) < 4.78 is 39.4. The smallest absolute Gasteiger partial charge is 0.228 e. The van der Waals surface area contributed by atoms with Gasteiger partial charge < -0.3 is 14.8 Å². The number of amides is 1. The number of anilines is 1. The number of hydrogen-bond acceptors (Lipinski definition) is 5. The monoisotopic (exact) mass is 417 g/mol. The molecule has 1 N–H and O–H groups in total. The Hall–Kier alpha value is -2.74. The van der Waals surface area contributed by atoms with Crippen LogP contribution in [0.2, 0.25) is 0 Å². The predicted molar refractivity (Wildman–Crippen MR) is 108 cm³/mol. The van der Waals surface area contributed by atoms with E-state index in [1.807, 2.05) is 6.07 Å². The number of aromatic nitrogens is 1. The number of carbonyl (C=O) groups excluding carboxylic acids is 1. The molecule has 4 rings (SSSR count). The summed E-state index contributed by atoms with van der Waals surface area (Å²) in [6, 6.07) is 5.89. The van der Waals surface area contributed by atoms with Gasteiger partial charge in [0.2, 0.25) is 5.91 Å². The Morgan fingerprint density at radius 1 is 1.00 bits per heavy atom. The average molecular weight is 417 g/mol. The lowest BCUT2D eigenvalue weighted by Gasteiger charge is -2.24. The Bertz CT molecular complexity index is 924. The molecule has 0 spiro atoms. The molecule has 0 bridgehead atoms. The third kappa shape index (κ3) is 3.96. The van der Waals surface area contributed by atoms with E-state index in [1.54, 1.807) is 13.2 Å². The number of pyridine rings is 1. The van der Waals surface area contributed by atoms with Crippen LogP contribution in [-0.4, -0.2) is 44.7 Å². The first-order chi connectivity index (χ1) is 14.5. The Labute approximate surface area is 174 Å². The van der Waals surface area contributed by atoms with Crippen LogP contribution in [0.25, 0.3) is 0 Å². The second kappa shape index (κ2) is 8.55. The van der Waals surface area contributed by atoms with E-state index in [9.17, 15) is 13.6 Å². The summed E-state index contributed by atoms with van der Waals surface area (Å²) in [7, 11) is 2.92. The standard InChI is InChI=1S/C22H25F2N3O3/c1-29-15-8-17(23)22(18(24)9-15)14-7-21(28)27(12-14)20-11-16(30-2)10-19(26-20)13-3-5-25-6-4-13/h8-11,13-14,25H,3-7,12H2,1-2H3. The Kier molecular flexibility index (Phi) is 5.85. The zero-order valence-corrected chi connectivity index (χ0v) is 17.1. The lowest BCUT2D eigenvalue weighted by Crippen LogP contribution is -2.28. The Balaban J connectivity index is 1.63. The van der Waals surface area contributed by atoms with Gasteiger partial charge in [0, 0.05) is 60.3 Å². The van der Waals surface area contributed by atoms with Gasteiger partial charge in [0.25, 0.3) is 0 Å². The van der Waals surface area contributed by atoms with Gasteiger partial charge in [-0.15, -0.1) is 0 Å². The van der Waals surface area contributed by atoms with Crippen molar-refractivity contribution >= 4 is 11.7 Å². The number of methoxy groups -OCH3 is 2. The number of hydrogen-bond donors (Lipinski definition) is 1. The van der Waals surface area contributed by atoms with Crippen molar-refractivity contribution in [2.75, 3.05) is 38.8 Å². The summed E-state index contributed by atoms with van der Waals surface area (Å²) >= 11 is 0. The number of carbonyl (C=O) groups is 1. The number of ether oxygens (including phenoxy) is 2. The van der Waals surface area contributed by atoms with E-state index in [2.05, 4.69) is 5.32 Å². The van der Waals surface area contributed by atoms with Crippen molar-refractivity contribution in [2.24, 2.45) is 0 Å². The van der Waals surface area contributed by atoms with E-state index in [4.69, 9.17) is 14.5 Å². The minimum Gasteiger partial charge on any atom is -0.497 e. The largest absolute Gasteiger partial charge is 0.497 e. The summed E-state index contributed by atoms with van der Waals surface area (Å²) in [6.45, 7) is 1.99. The minimum atomic E-state index is -0.708. The molecule has 1 unspecified atom stereocenters. The maximum atomic E-state index is 14.5. The minimum absolute atomic E-state index is 0.0156. The molecule has 2 saturated heterocycles. The third-order valence-electron chi connectivity index (χ3n) is 5.90. The van der Waals surface area contributed by atoms with Gasteiger partial charge in [-0.25, -0.2) is 13.8 Å². The van der Waals surface area contributed by atoms with Gasteiger partial charge >= 0.3 is 0 Å². The Morgan fingerprint density at radius 3 is 2.27 bits per heavy atom. The molecule has 1 aromatic carbocycles. The highest BCUT2D eigenvalue weighted by Gasteiger charge is 2.36. The topological polar surface area (TPSA) is 63.7 Å². The predicted octanol–water partition coefficient (Wildman–Crippen LogP) is 3.36. The maximum Gasteiger partial charge on any atom is 0.228 e. The highest BCUT2D eigenvalue weighted by Crippen LogP contribution is 2.37. The number of nitrogens with one attached hydrogen (secondary N) is 1. The average Bonchev–Trinajstić information content (AvgIpc) is 3.14. The van der Waals surface area contributed by atoms with E-state index in [0.717, 1.165) is 43.8 Å². The molecule has 1 atom stereocenters. The third-order valence-corrected chi connectivity index (χ3v) is 5.90. The fraction of sp³-hybridized carbons (Fsp3) is 0.455. The van der Waals surface area contributed by atoms with Gasteiger partial charge in [0.1, 0.15) is 29.0 Å². The lowest BCUT2D eigenvalue weighted by molar-refractivity contribution is -0.117. The molecule has 2 aliphatic heterocycles. The molecule has 0 saturated carbocycles. The van der Waals surface area contributed by atoms with Gasteiger partial charge in [-0.2, -0.15) is 0 Å². The number of benzene rings is 1. The number of nitrogens with zero attached hydrogens (tertiary/aromatic N) is 2. The lowest BCUT2D eigenvalue weighted by atomic mass is 9.94. The van der Waals surface area contributed by atoms with E-state index in [-0.39, 0.29) is 36.1 Å². The van der Waals surface area contributed by atoms with Crippen molar-refractivity contribution in [1.82, 2.24) is 10.3 Å². The molecule has 2 fully saturated rings. The fourth-order valence-electron chi connectivity index (χ4n) is 4.29. The van der Waals surface area contributed by atoms with E-state index >= 15 is 0 Å². The molecule has 2 aromatic rings. The summed E-state index contributed by atoms with van der Waals surface area (Å²) in [4.78, 5) is 19.0. The maximum absolute atomic E-state index is 14.5. The normalized spacial score (nSPS) is 19.9. The van der Waals surface area contributed by atoms with Crippen LogP contribution < -0.4 is 19.7 Å². The molecular weight excluding hydrogens is 392 g/mol. The van der Waals surface area contributed by atoms with Crippen LogP contribution in [-0.2, 0) is 4.79 Å². The number of halogens is 2. The quantitative estimate of drug-likeness (QED) is 0.808. The van der Waals surface area contributed by atoms with Crippen molar-refractivity contribution in [2.45, 2.75) is 31.1 Å². The van der Waals surface area contributed by atoms with Gasteiger partial charge in [0.15, 0.2) is 0 Å². The number of rotatable bonds is 5. The fourth-order valence-corrected chi connectivity index (χ4v) is 4.29. The number of piperidine rings is 1. The SMILES string of the molecule is COc1cc(C2CCNCC2)nc(N2CC(c3c(F)cc(OC)cc3F)CC2=O)c1. The van der Waals surface area contributed by atoms with Gasteiger partial charge in [0.05, 0.1) is 14.2 Å². The summed E-state index contributed by atoms with van der Waals surface area (Å²) in [6.07, 6.45) is 1.93. The van der Waals surface area contributed by atoms with Gasteiger partial charge in [-0.05, 0) is 25.9 Å². The molecule has 160 valence electrons. The van der Waals surface area contributed by atoms with Crippen LogP contribution in [0.3, 0.4) is 0 Å². The van der Waals surface area contributed by atoms with Crippen LogP contribution in [0.4, 0.5) is 14.6 Å². The highest BCUT2D eigenvalue weighted by molar-refractivity contribution is 5.95. The molecule has 1 amide bonds. The van der Waals surface area contributed by atoms with Gasteiger partial charge in [-0.3, -0.25) is 9.69 Å². The Morgan fingerprint density at radius 2 is 1.63 bits per heavy atom. The zero-order valence-electron chi connectivity index (χ0n) is 17.1. The van der Waals surface area contributed by atoms with E-state index < -0.39 is 17.6 Å². The van der Waals surface area contributed by atoms with Crippen molar-refractivity contribution in [1.29, 1.82) is 0 Å². The molecule has 3 heterocycles. The molecule has 6 nitrogen and oxygen atoms in total. The van der Waals surface area contributed by atoms with Crippen molar-refractivity contribution < 1.29 is 23.0 Å². The molecule has 1 aromatic heterocycles. The molecule has 2 aliphatic rings. The van der Waals surface area contributed by atoms with Crippen LogP contribution in [0.1, 0.15) is 42.4 Å². The van der Waals surface area contributed by atoms with Crippen molar-refractivity contribution in [3.63, 3.8) is 0 Å². The van der Waals surface area contributed by atoms with Gasteiger partial charge in [-0.1, -0.05) is 0 Å². The first kappa shape index (κ1) is 20.5. The molecular formula is C22H25F2N3O3. The molecule has 8 heteroatoms. The highest BCUT2D eigenvalue weighted by atomic mass is 19.1. The molecule has 0 radical (unpaired) electrons. The summed E-state index contributed by atoms with van der Waals surface area (Å²) in [5, 5.41) is 3.33. The van der Waals surface area contributed by atoms with Crippen LogP contribution in [0.15, 0.2) is 24.3 Å². The van der Waals surface area contributed by atoms with Crippen LogP contribution >= 0.6 is 0 Å². The van der Waals surface area contributed by atoms with Crippen molar-refractivity contribution in [3.8, 4) is 11.5 Å². The molecule has 30 heavy (non-hydrogen) atoms.